The molecular formula is C28H21N5O3S. The molecule has 2 aromatic heterocycles. The molecule has 3 aromatic carbocycles. The zero-order chi connectivity index (χ0) is 25.5. The summed E-state index contributed by atoms with van der Waals surface area (Å²) >= 11 is 1.56. The molecule has 2 N–H and O–H groups in total. The van der Waals surface area contributed by atoms with Crippen molar-refractivity contribution in [1.82, 2.24) is 14.5 Å². The number of thiazole rings is 1. The van der Waals surface area contributed by atoms with E-state index in [0.29, 0.717) is 28.1 Å². The Labute approximate surface area is 216 Å². The van der Waals surface area contributed by atoms with E-state index in [0.717, 1.165) is 32.9 Å². The molecule has 0 unspecified atom stereocenters. The van der Waals surface area contributed by atoms with E-state index >= 15 is 0 Å². The molecule has 1 amide bonds. The zero-order valence-electron chi connectivity index (χ0n) is 20.0. The van der Waals surface area contributed by atoms with E-state index in [4.69, 9.17) is 4.74 Å². The van der Waals surface area contributed by atoms with Crippen LogP contribution in [0.3, 0.4) is 0 Å². The Morgan fingerprint density at radius 1 is 1.03 bits per heavy atom. The van der Waals surface area contributed by atoms with Gasteiger partial charge in [-0.2, -0.15) is 0 Å². The Kier molecular flexibility index (Phi) is 5.54. The third-order valence-electron chi connectivity index (χ3n) is 6.29. The maximum atomic E-state index is 13.3. The van der Waals surface area contributed by atoms with E-state index in [-0.39, 0.29) is 5.91 Å². The minimum absolute atomic E-state index is 0.262. The van der Waals surface area contributed by atoms with Crippen LogP contribution in [0, 0.1) is 0 Å². The van der Waals surface area contributed by atoms with Crippen molar-refractivity contribution in [3.05, 3.63) is 95.3 Å². The van der Waals surface area contributed by atoms with Gasteiger partial charge in [0.05, 0.1) is 45.4 Å². The minimum atomic E-state index is -0.463. The number of hydrogen-bond acceptors (Lipinski definition) is 7. The molecule has 6 rings (SSSR count). The van der Waals surface area contributed by atoms with Gasteiger partial charge in [0, 0.05) is 41.8 Å². The second-order valence-electron chi connectivity index (χ2n) is 8.56. The number of hydrogen-bond donors (Lipinski definition) is 2. The van der Waals surface area contributed by atoms with Gasteiger partial charge in [-0.1, -0.05) is 12.1 Å². The smallest absolute Gasteiger partial charge is 0.337 e. The summed E-state index contributed by atoms with van der Waals surface area (Å²) in [4.78, 5) is 34.2. The monoisotopic (exact) mass is 507 g/mol. The van der Waals surface area contributed by atoms with E-state index < -0.39 is 5.97 Å². The van der Waals surface area contributed by atoms with E-state index in [1.807, 2.05) is 60.3 Å². The number of rotatable bonds is 5. The van der Waals surface area contributed by atoms with Crippen LogP contribution in [0.4, 0.5) is 11.4 Å². The van der Waals surface area contributed by atoms with Crippen molar-refractivity contribution < 1.29 is 14.3 Å². The number of nitrogens with one attached hydrogen (secondary N) is 2. The van der Waals surface area contributed by atoms with Crippen molar-refractivity contribution in [2.24, 2.45) is 7.05 Å². The van der Waals surface area contributed by atoms with Crippen LogP contribution in [0.25, 0.3) is 32.9 Å². The Balaban J connectivity index is 1.47. The highest BCUT2D eigenvalue weighted by Crippen LogP contribution is 2.39. The molecule has 9 heteroatoms. The molecule has 0 bridgehead atoms. The first-order valence-electron chi connectivity index (χ1n) is 11.5. The van der Waals surface area contributed by atoms with Crippen LogP contribution in [0.2, 0.25) is 0 Å². The molecule has 0 saturated heterocycles. The molecule has 1 aliphatic heterocycles. The van der Waals surface area contributed by atoms with Crippen LogP contribution in [-0.2, 0) is 16.6 Å². The molecule has 0 fully saturated rings. The number of amides is 1. The SMILES string of the molecule is COC(=O)c1ccc2c(c1)NC(=O)C2=C(Nc1ccc(-c2nccn2C)cc1)c1ccc2scnc2c1. The Hall–Kier alpha value is -4.76. The van der Waals surface area contributed by atoms with Crippen LogP contribution in [0.5, 0.6) is 0 Å². The number of ether oxygens (including phenoxy) is 1. The lowest BCUT2D eigenvalue weighted by Gasteiger charge is -2.15. The van der Waals surface area contributed by atoms with Crippen LogP contribution < -0.4 is 10.6 Å². The van der Waals surface area contributed by atoms with Crippen molar-refractivity contribution >= 4 is 56.1 Å². The Morgan fingerprint density at radius 3 is 2.59 bits per heavy atom. The average Bonchev–Trinajstić information content (AvgIpc) is 3.64. The number of benzene rings is 3. The van der Waals surface area contributed by atoms with Gasteiger partial charge in [-0.15, -0.1) is 11.3 Å². The summed E-state index contributed by atoms with van der Waals surface area (Å²) in [5.74, 6) is 0.141. The number of imidazole rings is 1. The van der Waals surface area contributed by atoms with Gasteiger partial charge in [-0.3, -0.25) is 4.79 Å². The minimum Gasteiger partial charge on any atom is -0.465 e. The van der Waals surface area contributed by atoms with Gasteiger partial charge in [0.15, 0.2) is 0 Å². The first kappa shape index (κ1) is 22.7. The first-order chi connectivity index (χ1) is 18.0. The molecule has 5 aromatic rings. The number of fused-ring (bicyclic) bond motifs is 2. The molecule has 0 radical (unpaired) electrons. The highest BCUT2D eigenvalue weighted by atomic mass is 32.1. The van der Waals surface area contributed by atoms with E-state index in [1.165, 1.54) is 7.11 Å². The summed E-state index contributed by atoms with van der Waals surface area (Å²) in [5, 5.41) is 6.38. The molecule has 8 nitrogen and oxygen atoms in total. The third-order valence-corrected chi connectivity index (χ3v) is 7.10. The quantitative estimate of drug-likeness (QED) is 0.244. The zero-order valence-corrected chi connectivity index (χ0v) is 20.8. The third kappa shape index (κ3) is 4.05. The van der Waals surface area contributed by atoms with Crippen LogP contribution in [0.15, 0.2) is 78.6 Å². The van der Waals surface area contributed by atoms with Gasteiger partial charge in [0.25, 0.3) is 5.91 Å². The average molecular weight is 508 g/mol. The summed E-state index contributed by atoms with van der Waals surface area (Å²) in [6.45, 7) is 0. The molecule has 0 atom stereocenters. The number of methoxy groups -OCH3 is 1. The lowest BCUT2D eigenvalue weighted by atomic mass is 9.98. The summed E-state index contributed by atoms with van der Waals surface area (Å²) in [6, 6.07) is 18.9. The molecule has 3 heterocycles. The Bertz CT molecular complexity index is 1720. The van der Waals surface area contributed by atoms with Gasteiger partial charge >= 0.3 is 5.97 Å². The van der Waals surface area contributed by atoms with Crippen molar-refractivity contribution in [2.45, 2.75) is 0 Å². The largest absolute Gasteiger partial charge is 0.465 e. The van der Waals surface area contributed by atoms with Gasteiger partial charge in [0.1, 0.15) is 5.82 Å². The fourth-order valence-electron chi connectivity index (χ4n) is 4.45. The van der Waals surface area contributed by atoms with Gasteiger partial charge < -0.3 is 19.9 Å². The van der Waals surface area contributed by atoms with Crippen molar-refractivity contribution in [2.75, 3.05) is 17.7 Å². The number of nitrogens with zero attached hydrogens (tertiary/aromatic N) is 3. The first-order valence-corrected chi connectivity index (χ1v) is 12.4. The number of carbonyl (C=O) groups excluding carboxylic acids is 2. The van der Waals surface area contributed by atoms with Crippen LogP contribution in [0.1, 0.15) is 21.5 Å². The second kappa shape index (κ2) is 9.03. The fraction of sp³-hybridized carbons (Fsp3) is 0.0714. The van der Waals surface area contributed by atoms with Crippen LogP contribution in [-0.4, -0.2) is 33.5 Å². The number of anilines is 2. The topological polar surface area (TPSA) is 98.1 Å². The predicted molar refractivity (Wildman–Crippen MR) is 145 cm³/mol. The lowest BCUT2D eigenvalue weighted by Crippen LogP contribution is -2.10. The van der Waals surface area contributed by atoms with Crippen molar-refractivity contribution in [1.29, 1.82) is 0 Å². The number of carbonyl (C=O) groups is 2. The van der Waals surface area contributed by atoms with Crippen molar-refractivity contribution in [3.63, 3.8) is 0 Å². The van der Waals surface area contributed by atoms with Gasteiger partial charge in [0.2, 0.25) is 0 Å². The lowest BCUT2D eigenvalue weighted by molar-refractivity contribution is -0.110. The maximum absolute atomic E-state index is 13.3. The molecule has 0 aliphatic carbocycles. The number of aryl methyl sites for hydroxylation is 1. The molecule has 1 aliphatic rings. The summed E-state index contributed by atoms with van der Waals surface area (Å²) < 4.78 is 7.86. The standard InChI is InChI=1S/C28H21N5O3S/c1-33-12-11-29-26(33)16-3-7-19(8-4-16)31-25(17-6-10-23-22(13-17)30-15-37-23)24-20-9-5-18(28(35)36-2)14-21(20)32-27(24)34/h3-15,31H,1-2H3,(H,32,34). The molecule has 37 heavy (non-hydrogen) atoms. The second-order valence-corrected chi connectivity index (χ2v) is 9.44. The Morgan fingerprint density at radius 2 is 1.84 bits per heavy atom. The maximum Gasteiger partial charge on any atom is 0.337 e. The highest BCUT2D eigenvalue weighted by molar-refractivity contribution is 7.16. The van der Waals surface area contributed by atoms with Gasteiger partial charge in [-0.25, -0.2) is 14.8 Å². The van der Waals surface area contributed by atoms with E-state index in [1.54, 1.807) is 41.2 Å². The summed E-state index contributed by atoms with van der Waals surface area (Å²) in [6.07, 6.45) is 3.67. The molecular weight excluding hydrogens is 486 g/mol. The summed E-state index contributed by atoms with van der Waals surface area (Å²) in [7, 11) is 3.28. The molecule has 0 saturated carbocycles. The van der Waals surface area contributed by atoms with Crippen molar-refractivity contribution in [3.8, 4) is 11.4 Å². The predicted octanol–water partition coefficient (Wildman–Crippen LogP) is 5.42. The summed E-state index contributed by atoms with van der Waals surface area (Å²) in [5.41, 5.74) is 8.01. The fourth-order valence-corrected chi connectivity index (χ4v) is 5.11. The molecule has 0 spiro atoms. The van der Waals surface area contributed by atoms with Gasteiger partial charge in [-0.05, 0) is 48.5 Å². The molecule has 182 valence electrons. The normalized spacial score (nSPS) is 13.8. The highest BCUT2D eigenvalue weighted by Gasteiger charge is 2.29. The van der Waals surface area contributed by atoms with E-state index in [9.17, 15) is 9.59 Å². The number of aromatic nitrogens is 3. The van der Waals surface area contributed by atoms with Crippen LogP contribution >= 0.6 is 11.3 Å². The van der Waals surface area contributed by atoms with E-state index in [2.05, 4.69) is 20.6 Å². The number of esters is 1.